The maximum atomic E-state index is 13.3. The van der Waals surface area contributed by atoms with E-state index in [9.17, 15) is 18.0 Å². The zero-order valence-electron chi connectivity index (χ0n) is 12.6. The number of carbonyl (C=O) groups is 1. The minimum absolute atomic E-state index is 0.0991. The third kappa shape index (κ3) is 3.09. The normalized spacial score (nSPS) is 17.7. The molecule has 2 heterocycles. The number of halogens is 3. The van der Waals surface area contributed by atoms with E-state index in [-0.39, 0.29) is 11.6 Å². The van der Waals surface area contributed by atoms with Gasteiger partial charge < -0.3 is 4.90 Å². The second-order valence-corrected chi connectivity index (χ2v) is 5.79. The van der Waals surface area contributed by atoms with Crippen LogP contribution in [-0.4, -0.2) is 33.2 Å². The lowest BCUT2D eigenvalue weighted by Crippen LogP contribution is -2.38. The molecule has 0 spiro atoms. The van der Waals surface area contributed by atoms with Crippen LogP contribution in [-0.2, 0) is 6.54 Å². The summed E-state index contributed by atoms with van der Waals surface area (Å²) >= 11 is 0. The zero-order chi connectivity index (χ0) is 16.6. The first-order valence-electron chi connectivity index (χ1n) is 7.40. The van der Waals surface area contributed by atoms with E-state index in [1.54, 1.807) is 15.8 Å². The molecule has 3 rings (SSSR count). The molecule has 0 aliphatic carbocycles. The van der Waals surface area contributed by atoms with Gasteiger partial charge in [0.05, 0.1) is 18.8 Å². The van der Waals surface area contributed by atoms with E-state index in [4.69, 9.17) is 0 Å². The van der Waals surface area contributed by atoms with Crippen molar-refractivity contribution >= 4 is 5.91 Å². The summed E-state index contributed by atoms with van der Waals surface area (Å²) in [6.07, 6.45) is 5.20. The molecule has 7 heteroatoms. The fourth-order valence-corrected chi connectivity index (χ4v) is 2.92. The van der Waals surface area contributed by atoms with Gasteiger partial charge in [0.25, 0.3) is 5.91 Å². The summed E-state index contributed by atoms with van der Waals surface area (Å²) in [5, 5.41) is 4.19. The maximum Gasteiger partial charge on any atom is 0.254 e. The number of likely N-dealkylation sites (tertiary alicyclic amines) is 1. The van der Waals surface area contributed by atoms with E-state index in [0.29, 0.717) is 13.1 Å². The number of amides is 1. The number of aryl methyl sites for hydroxylation is 1. The first-order chi connectivity index (χ1) is 11.0. The Balaban J connectivity index is 1.80. The van der Waals surface area contributed by atoms with Crippen LogP contribution in [0.3, 0.4) is 0 Å². The third-order valence-corrected chi connectivity index (χ3v) is 4.03. The van der Waals surface area contributed by atoms with Gasteiger partial charge in [0, 0.05) is 18.3 Å². The Bertz CT molecular complexity index is 721. The Morgan fingerprint density at radius 1 is 1.30 bits per heavy atom. The Kier molecular flexibility index (Phi) is 4.11. The van der Waals surface area contributed by atoms with Crippen molar-refractivity contribution < 1.29 is 18.0 Å². The number of carbonyl (C=O) groups excluding carboxylic acids is 1. The molecule has 1 amide bonds. The summed E-state index contributed by atoms with van der Waals surface area (Å²) in [5.74, 6) is -4.76. The topological polar surface area (TPSA) is 38.1 Å². The Morgan fingerprint density at radius 2 is 2.00 bits per heavy atom. The molecular formula is C16H16F3N3O. The van der Waals surface area contributed by atoms with Gasteiger partial charge in [0.2, 0.25) is 0 Å². The molecule has 23 heavy (non-hydrogen) atoms. The lowest BCUT2D eigenvalue weighted by molar-refractivity contribution is 0.0720. The quantitative estimate of drug-likeness (QED) is 0.815. The van der Waals surface area contributed by atoms with E-state index in [2.05, 4.69) is 5.10 Å². The standard InChI is InChI=1S/C16H16F3N3O/c1-10-7-20-21(8-10)9-12-3-2-4-22(12)16(23)11-5-13(17)15(19)14(18)6-11/h5-8,12H,2-4,9H2,1H3. The molecule has 1 saturated heterocycles. The predicted molar refractivity (Wildman–Crippen MR) is 77.3 cm³/mol. The highest BCUT2D eigenvalue weighted by Gasteiger charge is 2.30. The molecule has 1 aliphatic rings. The summed E-state index contributed by atoms with van der Waals surface area (Å²) < 4.78 is 41.4. The van der Waals surface area contributed by atoms with Crippen LogP contribution < -0.4 is 0 Å². The summed E-state index contributed by atoms with van der Waals surface area (Å²) in [4.78, 5) is 14.1. The molecule has 4 nitrogen and oxygen atoms in total. The van der Waals surface area contributed by atoms with Gasteiger partial charge in [-0.1, -0.05) is 0 Å². The molecule has 122 valence electrons. The van der Waals surface area contributed by atoms with E-state index < -0.39 is 23.4 Å². The summed E-state index contributed by atoms with van der Waals surface area (Å²) in [5.41, 5.74) is 0.841. The molecule has 1 fully saturated rings. The minimum Gasteiger partial charge on any atom is -0.334 e. The highest BCUT2D eigenvalue weighted by Crippen LogP contribution is 2.23. The fourth-order valence-electron chi connectivity index (χ4n) is 2.92. The second kappa shape index (κ2) is 6.06. The minimum atomic E-state index is -1.56. The molecule has 1 atom stereocenters. The van der Waals surface area contributed by atoms with Crippen LogP contribution in [0.25, 0.3) is 0 Å². The van der Waals surface area contributed by atoms with Crippen molar-refractivity contribution in [3.63, 3.8) is 0 Å². The molecule has 1 unspecified atom stereocenters. The predicted octanol–water partition coefficient (Wildman–Crippen LogP) is 2.91. The van der Waals surface area contributed by atoms with Gasteiger partial charge >= 0.3 is 0 Å². The van der Waals surface area contributed by atoms with Gasteiger partial charge in [-0.3, -0.25) is 9.48 Å². The lowest BCUT2D eigenvalue weighted by Gasteiger charge is -2.25. The largest absolute Gasteiger partial charge is 0.334 e. The first-order valence-corrected chi connectivity index (χ1v) is 7.40. The van der Waals surface area contributed by atoms with Crippen molar-refractivity contribution in [2.45, 2.75) is 32.4 Å². The van der Waals surface area contributed by atoms with Gasteiger partial charge in [-0.25, -0.2) is 13.2 Å². The van der Waals surface area contributed by atoms with Crippen molar-refractivity contribution in [1.82, 2.24) is 14.7 Å². The highest BCUT2D eigenvalue weighted by molar-refractivity contribution is 5.94. The van der Waals surface area contributed by atoms with Crippen LogP contribution in [0.1, 0.15) is 28.8 Å². The van der Waals surface area contributed by atoms with Crippen LogP contribution in [0.15, 0.2) is 24.5 Å². The van der Waals surface area contributed by atoms with Gasteiger partial charge in [0.1, 0.15) is 0 Å². The fraction of sp³-hybridized carbons (Fsp3) is 0.375. The van der Waals surface area contributed by atoms with E-state index in [1.807, 2.05) is 13.1 Å². The van der Waals surface area contributed by atoms with Gasteiger partial charge in [-0.15, -0.1) is 0 Å². The number of nitrogens with zero attached hydrogens (tertiary/aromatic N) is 3. The van der Waals surface area contributed by atoms with Crippen LogP contribution in [0.2, 0.25) is 0 Å². The van der Waals surface area contributed by atoms with Crippen molar-refractivity contribution in [3.05, 3.63) is 53.1 Å². The lowest BCUT2D eigenvalue weighted by atomic mass is 10.1. The van der Waals surface area contributed by atoms with Gasteiger partial charge in [-0.2, -0.15) is 5.10 Å². The molecule has 0 radical (unpaired) electrons. The zero-order valence-corrected chi connectivity index (χ0v) is 12.6. The maximum absolute atomic E-state index is 13.3. The van der Waals surface area contributed by atoms with Crippen LogP contribution >= 0.6 is 0 Å². The van der Waals surface area contributed by atoms with Crippen molar-refractivity contribution in [2.75, 3.05) is 6.54 Å². The van der Waals surface area contributed by atoms with Crippen molar-refractivity contribution in [3.8, 4) is 0 Å². The van der Waals surface area contributed by atoms with Gasteiger partial charge in [-0.05, 0) is 37.5 Å². The van der Waals surface area contributed by atoms with E-state index in [1.165, 1.54) is 0 Å². The Hall–Kier alpha value is -2.31. The van der Waals surface area contributed by atoms with Crippen LogP contribution in [0, 0.1) is 24.4 Å². The molecule has 1 aliphatic heterocycles. The average molecular weight is 323 g/mol. The number of benzene rings is 1. The summed E-state index contributed by atoms with van der Waals surface area (Å²) in [7, 11) is 0. The Labute approximate surface area is 131 Å². The summed E-state index contributed by atoms with van der Waals surface area (Å²) in [6.45, 7) is 2.95. The SMILES string of the molecule is Cc1cnn(CC2CCCN2C(=O)c2cc(F)c(F)c(F)c2)c1. The first kappa shape index (κ1) is 15.6. The second-order valence-electron chi connectivity index (χ2n) is 5.79. The Morgan fingerprint density at radius 3 is 2.61 bits per heavy atom. The molecule has 1 aromatic heterocycles. The monoisotopic (exact) mass is 323 g/mol. The number of aromatic nitrogens is 2. The highest BCUT2D eigenvalue weighted by atomic mass is 19.2. The molecular weight excluding hydrogens is 307 g/mol. The molecule has 1 aromatic carbocycles. The molecule has 2 aromatic rings. The van der Waals surface area contributed by atoms with Gasteiger partial charge in [0.15, 0.2) is 17.5 Å². The van der Waals surface area contributed by atoms with Crippen molar-refractivity contribution in [1.29, 1.82) is 0 Å². The van der Waals surface area contributed by atoms with E-state index in [0.717, 1.165) is 30.5 Å². The van der Waals surface area contributed by atoms with E-state index >= 15 is 0 Å². The smallest absolute Gasteiger partial charge is 0.254 e. The number of hydrogen-bond acceptors (Lipinski definition) is 2. The molecule has 0 bridgehead atoms. The van der Waals surface area contributed by atoms with Crippen LogP contribution in [0.5, 0.6) is 0 Å². The third-order valence-electron chi connectivity index (χ3n) is 4.03. The molecule has 0 saturated carbocycles. The van der Waals surface area contributed by atoms with Crippen LogP contribution in [0.4, 0.5) is 13.2 Å². The summed E-state index contributed by atoms with van der Waals surface area (Å²) in [6, 6.07) is 1.39. The molecule has 0 N–H and O–H groups in total. The van der Waals surface area contributed by atoms with Crippen molar-refractivity contribution in [2.24, 2.45) is 0 Å². The average Bonchev–Trinajstić information content (AvgIpc) is 3.13. The number of hydrogen-bond donors (Lipinski definition) is 0. The number of rotatable bonds is 3.